The van der Waals surface area contributed by atoms with Gasteiger partial charge in [0.1, 0.15) is 6.04 Å². The molecule has 1 aromatic heterocycles. The van der Waals surface area contributed by atoms with E-state index in [1.165, 1.54) is 19.4 Å². The quantitative estimate of drug-likeness (QED) is 0.161. The molecule has 14 nitrogen and oxygen atoms in total. The summed E-state index contributed by atoms with van der Waals surface area (Å²) in [6, 6.07) is -4.03. The van der Waals surface area contributed by atoms with Crippen LogP contribution in [0, 0.1) is 0 Å². The molecule has 0 aliphatic rings. The van der Waals surface area contributed by atoms with Crippen LogP contribution in [0.2, 0.25) is 0 Å². The van der Waals surface area contributed by atoms with Gasteiger partial charge in [-0.25, -0.2) is 9.78 Å². The Balaban J connectivity index is 2.65. The van der Waals surface area contributed by atoms with E-state index in [1.54, 1.807) is 0 Å². The average Bonchev–Trinajstić information content (AvgIpc) is 3.15. The van der Waals surface area contributed by atoms with E-state index in [0.717, 1.165) is 0 Å². The van der Waals surface area contributed by atoms with Gasteiger partial charge in [-0.05, 0) is 6.92 Å². The minimum atomic E-state index is -1.57. The maximum Gasteiger partial charge on any atom is 0.328 e. The van der Waals surface area contributed by atoms with Crippen molar-refractivity contribution in [1.82, 2.24) is 25.9 Å². The van der Waals surface area contributed by atoms with Crippen LogP contribution < -0.4 is 27.4 Å². The number of carbonyl (C=O) groups is 5. The standard InChI is InChI=1S/C16H25N7O7/c1-7(24)13(16(29)30)23-12(26)5-20-15(28)10(3-11(18)25)22-14(27)9(17)2-8-4-19-6-21-8/h4,6-7,9-10,13,24H,2-3,5,17H2,1H3,(H2,18,25)(H,19,21)(H,20,28)(H,22,27)(H,23,26)(H,29,30). The van der Waals surface area contributed by atoms with Crippen molar-refractivity contribution in [2.45, 2.75) is 44.0 Å². The van der Waals surface area contributed by atoms with Crippen molar-refractivity contribution in [2.75, 3.05) is 6.54 Å². The molecule has 10 N–H and O–H groups in total. The first-order valence-electron chi connectivity index (χ1n) is 8.80. The van der Waals surface area contributed by atoms with Crippen LogP contribution >= 0.6 is 0 Å². The largest absolute Gasteiger partial charge is 0.480 e. The number of imidazole rings is 1. The van der Waals surface area contributed by atoms with Crippen LogP contribution in [0.1, 0.15) is 19.0 Å². The van der Waals surface area contributed by atoms with Gasteiger partial charge in [-0.2, -0.15) is 0 Å². The molecule has 0 spiro atoms. The predicted molar refractivity (Wildman–Crippen MR) is 100 cm³/mol. The van der Waals surface area contributed by atoms with Crippen molar-refractivity contribution >= 4 is 29.6 Å². The third-order valence-electron chi connectivity index (χ3n) is 3.86. The number of primary amides is 1. The fourth-order valence-electron chi connectivity index (χ4n) is 2.32. The molecule has 0 saturated carbocycles. The Morgan fingerprint density at radius 3 is 2.37 bits per heavy atom. The number of nitrogens with one attached hydrogen (secondary N) is 4. The molecule has 0 aliphatic carbocycles. The summed E-state index contributed by atoms with van der Waals surface area (Å²) in [7, 11) is 0. The molecule has 166 valence electrons. The zero-order chi connectivity index (χ0) is 22.8. The van der Waals surface area contributed by atoms with Crippen LogP contribution in [-0.4, -0.2) is 80.6 Å². The van der Waals surface area contributed by atoms with E-state index in [0.29, 0.717) is 5.69 Å². The Hall–Kier alpha value is -3.52. The molecule has 0 fully saturated rings. The Kier molecular flexibility index (Phi) is 9.38. The van der Waals surface area contributed by atoms with Crippen LogP contribution in [0.5, 0.6) is 0 Å². The molecular weight excluding hydrogens is 402 g/mol. The summed E-state index contributed by atoms with van der Waals surface area (Å²) in [5.74, 6) is -4.90. The highest BCUT2D eigenvalue weighted by Crippen LogP contribution is 1.99. The highest BCUT2D eigenvalue weighted by Gasteiger charge is 2.28. The second kappa shape index (κ2) is 11.5. The average molecular weight is 427 g/mol. The number of aliphatic hydroxyl groups is 1. The summed E-state index contributed by atoms with van der Waals surface area (Å²) < 4.78 is 0. The number of aromatic amines is 1. The molecule has 0 aliphatic heterocycles. The third kappa shape index (κ3) is 8.24. The van der Waals surface area contributed by atoms with Crippen molar-refractivity contribution < 1.29 is 34.2 Å². The Bertz CT molecular complexity index is 766. The highest BCUT2D eigenvalue weighted by atomic mass is 16.4. The van der Waals surface area contributed by atoms with Gasteiger partial charge in [-0.3, -0.25) is 19.2 Å². The third-order valence-corrected chi connectivity index (χ3v) is 3.86. The lowest BCUT2D eigenvalue weighted by molar-refractivity contribution is -0.144. The molecule has 4 atom stereocenters. The van der Waals surface area contributed by atoms with Crippen molar-refractivity contribution in [1.29, 1.82) is 0 Å². The Labute approximate surface area is 170 Å². The van der Waals surface area contributed by atoms with E-state index < -0.39 is 66.8 Å². The lowest BCUT2D eigenvalue weighted by Crippen LogP contribution is -2.55. The molecular formula is C16H25N7O7. The first kappa shape index (κ1) is 24.5. The van der Waals surface area contributed by atoms with E-state index in [-0.39, 0.29) is 6.42 Å². The fraction of sp³-hybridized carbons (Fsp3) is 0.500. The number of nitrogens with two attached hydrogens (primary N) is 2. The first-order valence-corrected chi connectivity index (χ1v) is 8.80. The highest BCUT2D eigenvalue weighted by molar-refractivity contribution is 5.95. The second-order valence-corrected chi connectivity index (χ2v) is 6.46. The van der Waals surface area contributed by atoms with Crippen LogP contribution in [-0.2, 0) is 30.4 Å². The summed E-state index contributed by atoms with van der Waals surface area (Å²) in [4.78, 5) is 65.1. The maximum atomic E-state index is 12.3. The second-order valence-electron chi connectivity index (χ2n) is 6.46. The Morgan fingerprint density at radius 2 is 1.87 bits per heavy atom. The molecule has 1 rings (SSSR count). The molecule has 0 radical (unpaired) electrons. The van der Waals surface area contributed by atoms with Crippen molar-refractivity contribution in [3.8, 4) is 0 Å². The van der Waals surface area contributed by atoms with Crippen molar-refractivity contribution in [3.63, 3.8) is 0 Å². The van der Waals surface area contributed by atoms with E-state index in [2.05, 4.69) is 20.6 Å². The number of H-pyrrole nitrogens is 1. The number of aliphatic hydroxyl groups excluding tert-OH is 1. The smallest absolute Gasteiger partial charge is 0.328 e. The number of rotatable bonds is 12. The topological polar surface area (TPSA) is 243 Å². The first-order chi connectivity index (χ1) is 14.0. The number of amides is 4. The number of carbonyl (C=O) groups excluding carboxylic acids is 4. The number of carboxylic acids is 1. The number of aromatic nitrogens is 2. The summed E-state index contributed by atoms with van der Waals surface area (Å²) >= 11 is 0. The molecule has 0 aromatic carbocycles. The van der Waals surface area contributed by atoms with Gasteiger partial charge in [0, 0.05) is 18.3 Å². The van der Waals surface area contributed by atoms with E-state index in [1.807, 2.05) is 5.32 Å². The lowest BCUT2D eigenvalue weighted by atomic mass is 10.1. The number of hydrogen-bond donors (Lipinski definition) is 8. The Morgan fingerprint density at radius 1 is 1.20 bits per heavy atom. The van der Waals surface area contributed by atoms with E-state index in [9.17, 15) is 29.1 Å². The molecule has 0 bridgehead atoms. The van der Waals surface area contributed by atoms with Crippen molar-refractivity contribution in [2.24, 2.45) is 11.5 Å². The summed E-state index contributed by atoms with van der Waals surface area (Å²) in [6.07, 6.45) is 1.04. The van der Waals surface area contributed by atoms with E-state index >= 15 is 0 Å². The molecule has 1 aromatic rings. The molecule has 4 amide bonds. The van der Waals surface area contributed by atoms with Crippen LogP contribution in [0.3, 0.4) is 0 Å². The lowest BCUT2D eigenvalue weighted by Gasteiger charge is -2.20. The number of nitrogens with zero attached hydrogens (tertiary/aromatic N) is 1. The molecule has 14 heteroatoms. The predicted octanol–water partition coefficient (Wildman–Crippen LogP) is -4.29. The van der Waals surface area contributed by atoms with Gasteiger partial charge in [0.25, 0.3) is 0 Å². The molecule has 0 saturated heterocycles. The summed E-state index contributed by atoms with van der Waals surface area (Å²) in [6.45, 7) is 0.503. The monoisotopic (exact) mass is 427 g/mol. The van der Waals surface area contributed by atoms with Gasteiger partial charge in [-0.1, -0.05) is 0 Å². The molecule has 30 heavy (non-hydrogen) atoms. The van der Waals surface area contributed by atoms with Gasteiger partial charge < -0.3 is 42.6 Å². The van der Waals surface area contributed by atoms with Crippen molar-refractivity contribution in [3.05, 3.63) is 18.2 Å². The minimum Gasteiger partial charge on any atom is -0.480 e. The van der Waals surface area contributed by atoms with Gasteiger partial charge in [0.15, 0.2) is 6.04 Å². The van der Waals surface area contributed by atoms with Gasteiger partial charge >= 0.3 is 5.97 Å². The van der Waals surface area contributed by atoms with Gasteiger partial charge in [0.05, 0.1) is 31.4 Å². The number of aliphatic carboxylic acids is 1. The van der Waals surface area contributed by atoms with Gasteiger partial charge in [0.2, 0.25) is 23.6 Å². The van der Waals surface area contributed by atoms with E-state index in [4.69, 9.17) is 16.6 Å². The normalized spacial score (nSPS) is 14.6. The molecule has 1 heterocycles. The zero-order valence-corrected chi connectivity index (χ0v) is 16.1. The zero-order valence-electron chi connectivity index (χ0n) is 16.1. The molecule has 4 unspecified atom stereocenters. The fourth-order valence-corrected chi connectivity index (χ4v) is 2.32. The summed E-state index contributed by atoms with van der Waals surface area (Å²) in [5.41, 5.74) is 11.4. The maximum absolute atomic E-state index is 12.3. The van der Waals surface area contributed by atoms with Gasteiger partial charge in [-0.15, -0.1) is 0 Å². The number of hydrogen-bond acceptors (Lipinski definition) is 8. The SMILES string of the molecule is CC(O)C(NC(=O)CNC(=O)C(CC(N)=O)NC(=O)C(N)Cc1cnc[nH]1)C(=O)O. The van der Waals surface area contributed by atoms with Crippen LogP contribution in [0.15, 0.2) is 12.5 Å². The van der Waals surface area contributed by atoms with Crippen LogP contribution in [0.4, 0.5) is 0 Å². The summed E-state index contributed by atoms with van der Waals surface area (Å²) in [5, 5.41) is 24.7. The van der Waals surface area contributed by atoms with Crippen LogP contribution in [0.25, 0.3) is 0 Å². The minimum absolute atomic E-state index is 0.0923. The number of carboxylic acid groups (broad SMARTS) is 1.